The molecule has 3 aromatic rings. The zero-order valence-electron chi connectivity index (χ0n) is 11.3. The highest BCUT2D eigenvalue weighted by molar-refractivity contribution is 6.04. The number of rotatable bonds is 4. The van der Waals surface area contributed by atoms with Crippen molar-refractivity contribution in [1.29, 1.82) is 0 Å². The van der Waals surface area contributed by atoms with E-state index in [9.17, 15) is 9.90 Å². The maximum absolute atomic E-state index is 11.3. The number of hydrogen-bond acceptors (Lipinski definition) is 4. The highest BCUT2D eigenvalue weighted by Gasteiger charge is 2.19. The Morgan fingerprint density at radius 3 is 2.52 bits per heavy atom. The van der Waals surface area contributed by atoms with E-state index >= 15 is 0 Å². The van der Waals surface area contributed by atoms with Gasteiger partial charge in [-0.2, -0.15) is 0 Å². The summed E-state index contributed by atoms with van der Waals surface area (Å²) in [5, 5.41) is 13.1. The smallest absolute Gasteiger partial charge is 0.374 e. The van der Waals surface area contributed by atoms with Crippen LogP contribution in [-0.4, -0.2) is 18.2 Å². The molecule has 0 atom stereocenters. The van der Waals surface area contributed by atoms with Crippen molar-refractivity contribution in [2.75, 3.05) is 12.4 Å². The topological polar surface area (TPSA) is 71.7 Å². The number of aromatic carboxylic acids is 1. The Morgan fingerprint density at radius 2 is 1.86 bits per heavy atom. The minimum atomic E-state index is -1.11. The van der Waals surface area contributed by atoms with Gasteiger partial charge in [0.2, 0.25) is 5.76 Å². The van der Waals surface area contributed by atoms with Crippen LogP contribution in [0.1, 0.15) is 10.6 Å². The number of furan rings is 1. The van der Waals surface area contributed by atoms with Crippen LogP contribution in [0.5, 0.6) is 5.75 Å². The molecular weight excluding hydrogens is 270 g/mol. The van der Waals surface area contributed by atoms with Gasteiger partial charge in [0.25, 0.3) is 0 Å². The fourth-order valence-electron chi connectivity index (χ4n) is 2.14. The molecule has 5 nitrogen and oxygen atoms in total. The second-order valence-electron chi connectivity index (χ2n) is 4.46. The molecule has 0 aliphatic rings. The zero-order chi connectivity index (χ0) is 14.8. The maximum Gasteiger partial charge on any atom is 0.374 e. The van der Waals surface area contributed by atoms with Crippen LogP contribution in [0.3, 0.4) is 0 Å². The number of para-hydroxylation sites is 1. The van der Waals surface area contributed by atoms with Gasteiger partial charge in [-0.15, -0.1) is 0 Å². The van der Waals surface area contributed by atoms with Crippen LogP contribution in [0.4, 0.5) is 11.4 Å². The number of anilines is 2. The van der Waals surface area contributed by atoms with Crippen molar-refractivity contribution in [3.63, 3.8) is 0 Å². The van der Waals surface area contributed by atoms with E-state index in [0.29, 0.717) is 11.3 Å². The van der Waals surface area contributed by atoms with E-state index in [0.717, 1.165) is 16.8 Å². The number of methoxy groups -OCH3 is 1. The van der Waals surface area contributed by atoms with Crippen molar-refractivity contribution in [2.24, 2.45) is 0 Å². The molecule has 2 N–H and O–H groups in total. The monoisotopic (exact) mass is 283 g/mol. The third-order valence-electron chi connectivity index (χ3n) is 3.15. The molecule has 0 saturated heterocycles. The molecule has 0 unspecified atom stereocenters. The van der Waals surface area contributed by atoms with E-state index in [2.05, 4.69) is 5.32 Å². The van der Waals surface area contributed by atoms with Crippen molar-refractivity contribution in [3.8, 4) is 5.75 Å². The second-order valence-corrected chi connectivity index (χ2v) is 4.46. The molecule has 0 amide bonds. The third-order valence-corrected chi connectivity index (χ3v) is 3.15. The fourth-order valence-corrected chi connectivity index (χ4v) is 2.14. The van der Waals surface area contributed by atoms with Gasteiger partial charge in [-0.25, -0.2) is 4.79 Å². The molecule has 1 aromatic heterocycles. The van der Waals surface area contributed by atoms with Crippen molar-refractivity contribution in [2.45, 2.75) is 0 Å². The fraction of sp³-hybridized carbons (Fsp3) is 0.0625. The average molecular weight is 283 g/mol. The molecule has 0 spiro atoms. The summed E-state index contributed by atoms with van der Waals surface area (Å²) in [7, 11) is 1.59. The Kier molecular flexibility index (Phi) is 3.23. The number of fused-ring (bicyclic) bond motifs is 1. The molecule has 0 saturated carbocycles. The molecule has 0 fully saturated rings. The minimum absolute atomic E-state index is 0.105. The number of carbonyl (C=O) groups is 1. The van der Waals surface area contributed by atoms with Crippen molar-refractivity contribution < 1.29 is 19.1 Å². The predicted octanol–water partition coefficient (Wildman–Crippen LogP) is 3.88. The lowest BCUT2D eigenvalue weighted by atomic mass is 10.2. The molecule has 21 heavy (non-hydrogen) atoms. The Morgan fingerprint density at radius 1 is 1.14 bits per heavy atom. The van der Waals surface area contributed by atoms with Gasteiger partial charge in [-0.1, -0.05) is 12.1 Å². The maximum atomic E-state index is 11.3. The first-order chi connectivity index (χ1) is 10.2. The van der Waals surface area contributed by atoms with Gasteiger partial charge >= 0.3 is 5.97 Å². The first-order valence-electron chi connectivity index (χ1n) is 6.35. The van der Waals surface area contributed by atoms with Gasteiger partial charge in [0.05, 0.1) is 7.11 Å². The molecule has 0 bridgehead atoms. The lowest BCUT2D eigenvalue weighted by Gasteiger charge is -2.06. The molecule has 0 aliphatic heterocycles. The van der Waals surface area contributed by atoms with Crippen LogP contribution >= 0.6 is 0 Å². The largest absolute Gasteiger partial charge is 0.497 e. The van der Waals surface area contributed by atoms with Crippen LogP contribution in [0.2, 0.25) is 0 Å². The number of nitrogens with one attached hydrogen (secondary N) is 1. The van der Waals surface area contributed by atoms with Crippen molar-refractivity contribution in [1.82, 2.24) is 0 Å². The third kappa shape index (κ3) is 2.41. The van der Waals surface area contributed by atoms with E-state index in [4.69, 9.17) is 9.15 Å². The first kappa shape index (κ1) is 13.1. The number of hydrogen-bond donors (Lipinski definition) is 2. The SMILES string of the molecule is COc1ccc(Nc2c(C(=O)O)oc3ccccc23)cc1. The normalized spacial score (nSPS) is 10.5. The highest BCUT2D eigenvalue weighted by atomic mass is 16.5. The Balaban J connectivity index is 2.05. The van der Waals surface area contributed by atoms with Crippen LogP contribution < -0.4 is 10.1 Å². The van der Waals surface area contributed by atoms with Crippen molar-refractivity contribution >= 4 is 28.3 Å². The summed E-state index contributed by atoms with van der Waals surface area (Å²) in [6.45, 7) is 0. The second kappa shape index (κ2) is 5.20. The first-order valence-corrected chi connectivity index (χ1v) is 6.35. The van der Waals surface area contributed by atoms with E-state index in [1.807, 2.05) is 24.3 Å². The van der Waals surface area contributed by atoms with Gasteiger partial charge in [-0.05, 0) is 36.4 Å². The number of benzene rings is 2. The summed E-state index contributed by atoms with van der Waals surface area (Å²) in [4.78, 5) is 11.3. The summed E-state index contributed by atoms with van der Waals surface area (Å²) in [5.74, 6) is -0.481. The lowest BCUT2D eigenvalue weighted by Crippen LogP contribution is -1.99. The number of carboxylic acid groups (broad SMARTS) is 1. The molecule has 3 rings (SSSR count). The Bertz CT molecular complexity index is 790. The zero-order valence-corrected chi connectivity index (χ0v) is 11.3. The van der Waals surface area contributed by atoms with Gasteiger partial charge in [0.15, 0.2) is 0 Å². The number of carboxylic acids is 1. The summed E-state index contributed by atoms with van der Waals surface area (Å²) in [6, 6.07) is 14.4. The quantitative estimate of drug-likeness (QED) is 0.760. The Labute approximate surface area is 120 Å². The van der Waals surface area contributed by atoms with E-state index < -0.39 is 5.97 Å². The van der Waals surface area contributed by atoms with Gasteiger partial charge in [0, 0.05) is 11.1 Å². The minimum Gasteiger partial charge on any atom is -0.497 e. The lowest BCUT2D eigenvalue weighted by molar-refractivity contribution is 0.0666. The average Bonchev–Trinajstić information content (AvgIpc) is 2.87. The van der Waals surface area contributed by atoms with E-state index in [1.54, 1.807) is 31.4 Å². The van der Waals surface area contributed by atoms with Crippen LogP contribution in [0.25, 0.3) is 11.0 Å². The summed E-state index contributed by atoms with van der Waals surface area (Å²) >= 11 is 0. The van der Waals surface area contributed by atoms with Crippen molar-refractivity contribution in [3.05, 3.63) is 54.3 Å². The number of ether oxygens (including phenoxy) is 1. The predicted molar refractivity (Wildman–Crippen MR) is 79.5 cm³/mol. The molecule has 0 aliphatic carbocycles. The molecule has 0 radical (unpaired) electrons. The van der Waals surface area contributed by atoms with E-state index in [-0.39, 0.29) is 5.76 Å². The van der Waals surface area contributed by atoms with Gasteiger partial charge < -0.3 is 19.6 Å². The molecule has 2 aromatic carbocycles. The molecule has 1 heterocycles. The Hall–Kier alpha value is -2.95. The molecule has 106 valence electrons. The standard InChI is InChI=1S/C16H13NO4/c1-20-11-8-6-10(7-9-11)17-14-12-4-2-3-5-13(12)21-15(14)16(18)19/h2-9,17H,1H3,(H,18,19). The summed E-state index contributed by atoms with van der Waals surface area (Å²) in [5.41, 5.74) is 1.74. The van der Waals surface area contributed by atoms with Gasteiger partial charge in [0.1, 0.15) is 17.0 Å². The summed E-state index contributed by atoms with van der Waals surface area (Å²) < 4.78 is 10.5. The highest BCUT2D eigenvalue weighted by Crippen LogP contribution is 2.33. The molecule has 5 heteroatoms. The summed E-state index contributed by atoms with van der Waals surface area (Å²) in [6.07, 6.45) is 0. The van der Waals surface area contributed by atoms with E-state index in [1.165, 1.54) is 0 Å². The molecular formula is C16H13NO4. The van der Waals surface area contributed by atoms with Crippen LogP contribution in [0.15, 0.2) is 52.9 Å². The van der Waals surface area contributed by atoms with Crippen LogP contribution in [-0.2, 0) is 0 Å². The van der Waals surface area contributed by atoms with Crippen LogP contribution in [0, 0.1) is 0 Å². The van der Waals surface area contributed by atoms with Gasteiger partial charge in [-0.3, -0.25) is 0 Å².